The summed E-state index contributed by atoms with van der Waals surface area (Å²) in [6, 6.07) is 27.0. The van der Waals surface area contributed by atoms with Crippen molar-refractivity contribution >= 4 is 29.7 Å². The van der Waals surface area contributed by atoms with E-state index < -0.39 is 18.1 Å². The average molecular weight is 505 g/mol. The number of alkyl carbamates (subject to hydrolysis) is 1. The van der Waals surface area contributed by atoms with Gasteiger partial charge >= 0.3 is 12.1 Å². The van der Waals surface area contributed by atoms with E-state index in [0.717, 1.165) is 11.1 Å². The minimum absolute atomic E-state index is 0.0870. The SMILES string of the molecule is COC(=O)[C@H](CS/C=C\N(Cc1ccccc1)C(=O)c1ccccc1)NC(=O)OCc1ccccc1. The van der Waals surface area contributed by atoms with Crippen molar-refractivity contribution in [2.45, 2.75) is 19.2 Å². The standard InChI is InChI=1S/C28H28N2O5S/c1-34-27(32)25(29-28(33)35-20-23-13-7-3-8-14-23)21-36-18-17-30(19-22-11-5-2-6-12-22)26(31)24-15-9-4-10-16-24/h2-18,25H,19-21H2,1H3,(H,29,33)/b18-17-/t25-/m0/s1. The Balaban J connectivity index is 1.60. The van der Waals surface area contributed by atoms with Gasteiger partial charge in [-0.3, -0.25) is 4.79 Å². The van der Waals surface area contributed by atoms with E-state index in [-0.39, 0.29) is 18.3 Å². The highest BCUT2D eigenvalue weighted by Gasteiger charge is 2.22. The van der Waals surface area contributed by atoms with E-state index in [2.05, 4.69) is 5.32 Å². The maximum absolute atomic E-state index is 13.1. The second-order valence-corrected chi connectivity index (χ2v) is 8.62. The lowest BCUT2D eigenvalue weighted by Gasteiger charge is -2.19. The number of methoxy groups -OCH3 is 1. The highest BCUT2D eigenvalue weighted by atomic mass is 32.2. The van der Waals surface area contributed by atoms with Crippen molar-refractivity contribution < 1.29 is 23.9 Å². The molecule has 2 amide bonds. The third-order valence-electron chi connectivity index (χ3n) is 5.07. The molecule has 7 nitrogen and oxygen atoms in total. The molecule has 0 saturated heterocycles. The van der Waals surface area contributed by atoms with E-state index in [0.29, 0.717) is 12.1 Å². The maximum atomic E-state index is 13.1. The van der Waals surface area contributed by atoms with Gasteiger partial charge in [0.2, 0.25) is 0 Å². The molecule has 0 fully saturated rings. The first-order valence-corrected chi connectivity index (χ1v) is 12.3. The minimum atomic E-state index is -0.916. The Hall–Kier alpha value is -4.04. The molecule has 0 aliphatic carbocycles. The van der Waals surface area contributed by atoms with Crippen LogP contribution in [0.4, 0.5) is 4.79 Å². The van der Waals surface area contributed by atoms with Crippen molar-refractivity contribution in [3.8, 4) is 0 Å². The summed E-state index contributed by atoms with van der Waals surface area (Å²) in [7, 11) is 1.26. The molecular weight excluding hydrogens is 476 g/mol. The Kier molecular flexibility index (Phi) is 10.6. The van der Waals surface area contributed by atoms with Crippen LogP contribution in [0.15, 0.2) is 103 Å². The second-order valence-electron chi connectivity index (χ2n) is 7.68. The van der Waals surface area contributed by atoms with Gasteiger partial charge in [-0.05, 0) is 28.7 Å². The Morgan fingerprint density at radius 1 is 0.889 bits per heavy atom. The molecule has 0 aliphatic heterocycles. The summed E-state index contributed by atoms with van der Waals surface area (Å²) < 4.78 is 10.0. The van der Waals surface area contributed by atoms with Gasteiger partial charge in [0, 0.05) is 17.5 Å². The molecule has 0 aromatic heterocycles. The smallest absolute Gasteiger partial charge is 0.408 e. The van der Waals surface area contributed by atoms with E-state index in [1.54, 1.807) is 28.6 Å². The maximum Gasteiger partial charge on any atom is 0.408 e. The molecule has 8 heteroatoms. The van der Waals surface area contributed by atoms with Gasteiger partial charge in [0.05, 0.1) is 13.7 Å². The first-order chi connectivity index (χ1) is 17.6. The zero-order chi connectivity index (χ0) is 25.6. The fraction of sp³-hybridized carbons (Fsp3) is 0.179. The van der Waals surface area contributed by atoms with Crippen LogP contribution in [0.3, 0.4) is 0 Å². The van der Waals surface area contributed by atoms with Crippen molar-refractivity contribution in [2.75, 3.05) is 12.9 Å². The molecule has 0 saturated carbocycles. The number of thioether (sulfide) groups is 1. The van der Waals surface area contributed by atoms with E-state index >= 15 is 0 Å². The van der Waals surface area contributed by atoms with E-state index in [9.17, 15) is 14.4 Å². The number of benzene rings is 3. The molecule has 0 bridgehead atoms. The van der Waals surface area contributed by atoms with E-state index in [4.69, 9.17) is 9.47 Å². The lowest BCUT2D eigenvalue weighted by atomic mass is 10.1. The molecule has 186 valence electrons. The molecule has 36 heavy (non-hydrogen) atoms. The topological polar surface area (TPSA) is 84.9 Å². The summed E-state index contributed by atoms with van der Waals surface area (Å²) in [5.74, 6) is -0.542. The largest absolute Gasteiger partial charge is 0.467 e. The number of hydrogen-bond donors (Lipinski definition) is 1. The van der Waals surface area contributed by atoms with Crippen molar-refractivity contribution in [1.82, 2.24) is 10.2 Å². The number of nitrogens with zero attached hydrogens (tertiary/aromatic N) is 1. The number of amides is 2. The molecular formula is C28H28N2O5S. The number of nitrogens with one attached hydrogen (secondary N) is 1. The third kappa shape index (κ3) is 8.63. The fourth-order valence-corrected chi connectivity index (χ4v) is 3.96. The van der Waals surface area contributed by atoms with Crippen LogP contribution in [0.5, 0.6) is 0 Å². The Bertz CT molecular complexity index is 1140. The Labute approximate surface area is 215 Å². The van der Waals surface area contributed by atoms with Gasteiger partial charge in [-0.15, -0.1) is 11.8 Å². The number of rotatable bonds is 11. The molecule has 0 heterocycles. The summed E-state index contributed by atoms with van der Waals surface area (Å²) >= 11 is 1.27. The summed E-state index contributed by atoms with van der Waals surface area (Å²) in [5.41, 5.74) is 2.38. The van der Waals surface area contributed by atoms with Gasteiger partial charge in [0.15, 0.2) is 0 Å². The molecule has 3 aromatic rings. The normalized spacial score (nSPS) is 11.5. The number of carbonyl (C=O) groups is 3. The quantitative estimate of drug-likeness (QED) is 0.370. The Morgan fingerprint density at radius 2 is 1.47 bits per heavy atom. The van der Waals surface area contributed by atoms with Gasteiger partial charge in [-0.1, -0.05) is 78.9 Å². The lowest BCUT2D eigenvalue weighted by molar-refractivity contribution is -0.142. The predicted octanol–water partition coefficient (Wildman–Crippen LogP) is 5.00. The van der Waals surface area contributed by atoms with Gasteiger partial charge in [0.1, 0.15) is 12.6 Å². The molecule has 1 atom stereocenters. The third-order valence-corrected chi connectivity index (χ3v) is 5.91. The van der Waals surface area contributed by atoms with Crippen molar-refractivity contribution in [3.05, 3.63) is 119 Å². The zero-order valence-electron chi connectivity index (χ0n) is 19.9. The van der Waals surface area contributed by atoms with Gasteiger partial charge in [0.25, 0.3) is 5.91 Å². The van der Waals surface area contributed by atoms with E-state index in [1.807, 2.05) is 78.9 Å². The summed E-state index contributed by atoms with van der Waals surface area (Å²) in [6.07, 6.45) is 0.957. The van der Waals surface area contributed by atoms with Crippen LogP contribution in [0.2, 0.25) is 0 Å². The van der Waals surface area contributed by atoms with Crippen LogP contribution >= 0.6 is 11.8 Å². The number of carbonyl (C=O) groups excluding carboxylic acids is 3. The van der Waals surface area contributed by atoms with Crippen LogP contribution in [-0.4, -0.2) is 41.8 Å². The monoisotopic (exact) mass is 504 g/mol. The molecule has 0 unspecified atom stereocenters. The van der Waals surface area contributed by atoms with E-state index in [1.165, 1.54) is 18.9 Å². The predicted molar refractivity (Wildman–Crippen MR) is 140 cm³/mol. The molecule has 3 aromatic carbocycles. The highest BCUT2D eigenvalue weighted by molar-refractivity contribution is 8.02. The molecule has 0 spiro atoms. The van der Waals surface area contributed by atoms with Crippen molar-refractivity contribution in [3.63, 3.8) is 0 Å². The molecule has 3 rings (SSSR count). The fourth-order valence-electron chi connectivity index (χ4n) is 3.21. The number of esters is 1. The second kappa shape index (κ2) is 14.4. The van der Waals surface area contributed by atoms with Crippen LogP contribution in [0, 0.1) is 0 Å². The van der Waals surface area contributed by atoms with Crippen LogP contribution in [-0.2, 0) is 27.4 Å². The van der Waals surface area contributed by atoms with Crippen molar-refractivity contribution in [2.24, 2.45) is 0 Å². The lowest BCUT2D eigenvalue weighted by Crippen LogP contribution is -2.43. The number of ether oxygens (including phenoxy) is 2. The number of hydrogen-bond acceptors (Lipinski definition) is 6. The first-order valence-electron chi connectivity index (χ1n) is 11.3. The van der Waals surface area contributed by atoms with Gasteiger partial charge in [-0.2, -0.15) is 0 Å². The summed E-state index contributed by atoms with van der Waals surface area (Å²) in [5, 5.41) is 4.26. The molecule has 0 aliphatic rings. The van der Waals surface area contributed by atoms with Crippen LogP contribution in [0.25, 0.3) is 0 Å². The average Bonchev–Trinajstić information content (AvgIpc) is 2.93. The highest BCUT2D eigenvalue weighted by Crippen LogP contribution is 2.14. The molecule has 0 radical (unpaired) electrons. The first kappa shape index (κ1) is 26.6. The summed E-state index contributed by atoms with van der Waals surface area (Å²) in [4.78, 5) is 39.1. The Morgan fingerprint density at radius 3 is 2.08 bits per heavy atom. The zero-order valence-corrected chi connectivity index (χ0v) is 20.7. The van der Waals surface area contributed by atoms with Crippen LogP contribution in [0.1, 0.15) is 21.5 Å². The summed E-state index contributed by atoms with van der Waals surface area (Å²) in [6.45, 7) is 0.472. The van der Waals surface area contributed by atoms with Crippen molar-refractivity contribution in [1.29, 1.82) is 0 Å². The van der Waals surface area contributed by atoms with Crippen LogP contribution < -0.4 is 5.32 Å². The van der Waals surface area contributed by atoms with Gasteiger partial charge in [-0.25, -0.2) is 9.59 Å². The minimum Gasteiger partial charge on any atom is -0.467 e. The molecule has 1 N–H and O–H groups in total. The van der Waals surface area contributed by atoms with Gasteiger partial charge < -0.3 is 19.7 Å².